The van der Waals surface area contributed by atoms with Crippen LogP contribution >= 0.6 is 0 Å². The number of nitrogens with zero attached hydrogens (tertiary/aromatic N) is 2. The van der Waals surface area contributed by atoms with Gasteiger partial charge in [-0.25, -0.2) is 4.79 Å². The van der Waals surface area contributed by atoms with Gasteiger partial charge in [-0.15, -0.1) is 0 Å². The zero-order valence-corrected chi connectivity index (χ0v) is 12.7. The Morgan fingerprint density at radius 3 is 2.95 bits per heavy atom. The summed E-state index contributed by atoms with van der Waals surface area (Å²) in [5, 5.41) is 3.14. The maximum Gasteiger partial charge on any atom is 0.330 e. The highest BCUT2D eigenvalue weighted by Gasteiger charge is 2.34. The van der Waals surface area contributed by atoms with Gasteiger partial charge < -0.3 is 19.5 Å². The fraction of sp³-hybridized carbons (Fsp3) is 0.600. The quantitative estimate of drug-likeness (QED) is 0.819. The highest BCUT2D eigenvalue weighted by Crippen LogP contribution is 2.13. The molecule has 1 aromatic rings. The first-order valence-corrected chi connectivity index (χ1v) is 7.52. The number of rotatable bonds is 5. The third-order valence-electron chi connectivity index (χ3n) is 3.58. The number of carbonyl (C=O) groups is 2. The smallest absolute Gasteiger partial charge is 0.330 e. The maximum absolute atomic E-state index is 12.7. The predicted octanol–water partition coefficient (Wildman–Crippen LogP) is 0.875. The molecule has 0 bridgehead atoms. The molecule has 21 heavy (non-hydrogen) atoms. The van der Waals surface area contributed by atoms with Crippen molar-refractivity contribution >= 4 is 11.9 Å². The van der Waals surface area contributed by atoms with Crippen LogP contribution in [0.3, 0.4) is 0 Å². The summed E-state index contributed by atoms with van der Waals surface area (Å²) in [7, 11) is 0. The summed E-state index contributed by atoms with van der Waals surface area (Å²) >= 11 is 0. The van der Waals surface area contributed by atoms with Gasteiger partial charge in [0.15, 0.2) is 0 Å². The fourth-order valence-corrected chi connectivity index (χ4v) is 2.59. The van der Waals surface area contributed by atoms with Crippen LogP contribution in [-0.4, -0.2) is 53.6 Å². The van der Waals surface area contributed by atoms with E-state index in [2.05, 4.69) is 12.2 Å². The molecule has 6 nitrogen and oxygen atoms in total. The van der Waals surface area contributed by atoms with E-state index >= 15 is 0 Å². The molecule has 6 heteroatoms. The molecule has 2 heterocycles. The molecule has 0 aliphatic carbocycles. The van der Waals surface area contributed by atoms with Crippen molar-refractivity contribution in [2.24, 2.45) is 0 Å². The number of aryl methyl sites for hydroxylation is 1. The van der Waals surface area contributed by atoms with Crippen molar-refractivity contribution in [3.05, 3.63) is 24.0 Å². The van der Waals surface area contributed by atoms with Gasteiger partial charge in [-0.3, -0.25) is 4.79 Å². The molecule has 1 saturated heterocycles. The number of nitrogens with one attached hydrogen (secondary N) is 1. The summed E-state index contributed by atoms with van der Waals surface area (Å²) in [4.78, 5) is 26.4. The molecule has 1 aliphatic heterocycles. The Morgan fingerprint density at radius 1 is 1.43 bits per heavy atom. The van der Waals surface area contributed by atoms with E-state index in [1.165, 1.54) is 0 Å². The topological polar surface area (TPSA) is 63.6 Å². The van der Waals surface area contributed by atoms with Crippen LogP contribution in [0.25, 0.3) is 0 Å². The van der Waals surface area contributed by atoms with E-state index in [4.69, 9.17) is 4.74 Å². The first-order valence-electron chi connectivity index (χ1n) is 7.52. The van der Waals surface area contributed by atoms with E-state index in [0.717, 1.165) is 13.0 Å². The minimum absolute atomic E-state index is 0.104. The Labute approximate surface area is 125 Å². The number of carbonyl (C=O) groups excluding carboxylic acids is 2. The van der Waals surface area contributed by atoms with Crippen molar-refractivity contribution in [3.8, 4) is 0 Å². The zero-order chi connectivity index (χ0) is 15.2. The molecule has 1 unspecified atom stereocenters. The lowest BCUT2D eigenvalue weighted by Crippen LogP contribution is -2.57. The van der Waals surface area contributed by atoms with E-state index in [1.807, 2.05) is 22.9 Å². The molecule has 1 aliphatic rings. The van der Waals surface area contributed by atoms with Crippen molar-refractivity contribution in [2.75, 3.05) is 26.2 Å². The number of amides is 1. The van der Waals surface area contributed by atoms with E-state index in [0.29, 0.717) is 31.9 Å². The van der Waals surface area contributed by atoms with Gasteiger partial charge in [0.25, 0.3) is 5.91 Å². The lowest BCUT2D eigenvalue weighted by Gasteiger charge is -2.34. The predicted molar refractivity (Wildman–Crippen MR) is 79.1 cm³/mol. The molecule has 1 aromatic heterocycles. The summed E-state index contributed by atoms with van der Waals surface area (Å²) in [5.41, 5.74) is 0.632. The maximum atomic E-state index is 12.7. The Kier molecular flexibility index (Phi) is 5.38. The summed E-state index contributed by atoms with van der Waals surface area (Å²) < 4.78 is 7.01. The van der Waals surface area contributed by atoms with Crippen molar-refractivity contribution in [2.45, 2.75) is 32.9 Å². The monoisotopic (exact) mass is 293 g/mol. The third kappa shape index (κ3) is 3.44. The first kappa shape index (κ1) is 15.6. The van der Waals surface area contributed by atoms with Crippen molar-refractivity contribution in [3.63, 3.8) is 0 Å². The second-order valence-electron chi connectivity index (χ2n) is 5.06. The average Bonchev–Trinajstić information content (AvgIpc) is 2.95. The lowest BCUT2D eigenvalue weighted by molar-refractivity contribution is -0.149. The molecule has 2 rings (SSSR count). The van der Waals surface area contributed by atoms with Gasteiger partial charge >= 0.3 is 5.97 Å². The van der Waals surface area contributed by atoms with Crippen LogP contribution in [0.1, 0.15) is 30.8 Å². The number of piperazine rings is 1. The van der Waals surface area contributed by atoms with Crippen molar-refractivity contribution in [1.82, 2.24) is 14.8 Å². The second kappa shape index (κ2) is 7.26. The zero-order valence-electron chi connectivity index (χ0n) is 12.7. The van der Waals surface area contributed by atoms with Crippen LogP contribution in [-0.2, 0) is 16.1 Å². The normalized spacial score (nSPS) is 18.6. The van der Waals surface area contributed by atoms with Gasteiger partial charge in [0.1, 0.15) is 11.7 Å². The number of hydrogen-bond donors (Lipinski definition) is 1. The van der Waals surface area contributed by atoms with Gasteiger partial charge in [-0.2, -0.15) is 0 Å². The van der Waals surface area contributed by atoms with E-state index < -0.39 is 6.04 Å². The Bertz CT molecular complexity index is 498. The highest BCUT2D eigenvalue weighted by atomic mass is 16.5. The second-order valence-corrected chi connectivity index (χ2v) is 5.06. The molecule has 0 aromatic carbocycles. The van der Waals surface area contributed by atoms with Gasteiger partial charge in [-0.1, -0.05) is 6.92 Å². The van der Waals surface area contributed by atoms with Crippen LogP contribution < -0.4 is 5.32 Å². The molecule has 1 atom stereocenters. The van der Waals surface area contributed by atoms with Gasteiger partial charge in [0.2, 0.25) is 0 Å². The average molecular weight is 293 g/mol. The van der Waals surface area contributed by atoms with E-state index in [-0.39, 0.29) is 11.9 Å². The molecule has 1 amide bonds. The van der Waals surface area contributed by atoms with Crippen molar-refractivity contribution in [1.29, 1.82) is 0 Å². The minimum Gasteiger partial charge on any atom is -0.464 e. The number of esters is 1. The van der Waals surface area contributed by atoms with E-state index in [1.54, 1.807) is 11.8 Å². The molecule has 0 spiro atoms. The number of hydrogen-bond acceptors (Lipinski definition) is 4. The largest absolute Gasteiger partial charge is 0.464 e. The molecule has 0 radical (unpaired) electrons. The van der Waals surface area contributed by atoms with Gasteiger partial charge in [-0.05, 0) is 25.5 Å². The molecule has 0 saturated carbocycles. The highest BCUT2D eigenvalue weighted by molar-refractivity contribution is 5.95. The summed E-state index contributed by atoms with van der Waals surface area (Å²) in [6, 6.07) is 3.13. The van der Waals surface area contributed by atoms with Gasteiger partial charge in [0.05, 0.1) is 6.61 Å². The number of aromatic nitrogens is 1. The Hall–Kier alpha value is -1.82. The molecular formula is C15H23N3O3. The SMILES string of the molecule is CCCn1cccc1C(=O)N1CCNCC1C(=O)OCC. The fourth-order valence-electron chi connectivity index (χ4n) is 2.59. The summed E-state index contributed by atoms with van der Waals surface area (Å²) in [6.07, 6.45) is 2.86. The Balaban J connectivity index is 2.18. The van der Waals surface area contributed by atoms with Crippen LogP contribution in [0, 0.1) is 0 Å². The molecule has 116 valence electrons. The summed E-state index contributed by atoms with van der Waals surface area (Å²) in [5.74, 6) is -0.445. The van der Waals surface area contributed by atoms with E-state index in [9.17, 15) is 9.59 Å². The van der Waals surface area contributed by atoms with Crippen LogP contribution in [0.2, 0.25) is 0 Å². The van der Waals surface area contributed by atoms with Crippen LogP contribution in [0.15, 0.2) is 18.3 Å². The minimum atomic E-state index is -0.545. The first-order chi connectivity index (χ1) is 10.2. The van der Waals surface area contributed by atoms with Crippen LogP contribution in [0.4, 0.5) is 0 Å². The molecular weight excluding hydrogens is 270 g/mol. The van der Waals surface area contributed by atoms with Crippen molar-refractivity contribution < 1.29 is 14.3 Å². The van der Waals surface area contributed by atoms with Crippen LogP contribution in [0.5, 0.6) is 0 Å². The van der Waals surface area contributed by atoms with Gasteiger partial charge in [0, 0.05) is 32.4 Å². The molecule has 1 N–H and O–H groups in total. The lowest BCUT2D eigenvalue weighted by atomic mass is 10.1. The number of ether oxygens (including phenoxy) is 1. The third-order valence-corrected chi connectivity index (χ3v) is 3.58. The Morgan fingerprint density at radius 2 is 2.24 bits per heavy atom. The standard InChI is InChI=1S/C15H23N3O3/c1-3-8-17-9-5-6-12(17)14(19)18-10-7-16-11-13(18)15(20)21-4-2/h5-6,9,13,16H,3-4,7-8,10-11H2,1-2H3. The summed E-state index contributed by atoms with van der Waals surface area (Å²) in [6.45, 7) is 6.61. The molecule has 1 fully saturated rings.